The number of aromatic nitrogens is 2. The van der Waals surface area contributed by atoms with Gasteiger partial charge in [-0.2, -0.15) is 5.10 Å². The Morgan fingerprint density at radius 3 is 2.48 bits per heavy atom. The van der Waals surface area contributed by atoms with Crippen molar-refractivity contribution in [1.82, 2.24) is 15.1 Å². The van der Waals surface area contributed by atoms with E-state index in [-0.39, 0.29) is 5.91 Å². The lowest BCUT2D eigenvalue weighted by Gasteiger charge is -2.36. The van der Waals surface area contributed by atoms with E-state index in [0.29, 0.717) is 36.0 Å². The molecule has 1 fully saturated rings. The highest BCUT2D eigenvalue weighted by molar-refractivity contribution is 5.93. The van der Waals surface area contributed by atoms with Crippen molar-refractivity contribution in [2.45, 2.75) is 13.8 Å². The lowest BCUT2D eigenvalue weighted by molar-refractivity contribution is 0.0741. The highest BCUT2D eigenvalue weighted by atomic mass is 16.5. The van der Waals surface area contributed by atoms with E-state index >= 15 is 0 Å². The zero-order chi connectivity index (χ0) is 22.0. The molecule has 0 spiro atoms. The number of aryl methyl sites for hydroxylation is 1. The molecule has 7 heteroatoms. The SMILES string of the molecule is COc1ccc(-c2cc(C(=O)N3CCN(c4cccc(C)c4C)CC3)[nH]n2)c(OC)c1. The van der Waals surface area contributed by atoms with Gasteiger partial charge >= 0.3 is 0 Å². The number of aromatic amines is 1. The number of piperazine rings is 1. The van der Waals surface area contributed by atoms with E-state index in [1.165, 1.54) is 16.8 Å². The third-order valence-corrected chi connectivity index (χ3v) is 5.98. The molecular formula is C24H28N4O3. The van der Waals surface area contributed by atoms with Crippen LogP contribution in [0.2, 0.25) is 0 Å². The maximum atomic E-state index is 13.0. The molecule has 1 N–H and O–H groups in total. The monoisotopic (exact) mass is 420 g/mol. The molecule has 31 heavy (non-hydrogen) atoms. The Labute approximate surface area is 182 Å². The average Bonchev–Trinajstić information content (AvgIpc) is 3.30. The Kier molecular flexibility index (Phi) is 5.84. The smallest absolute Gasteiger partial charge is 0.272 e. The lowest BCUT2D eigenvalue weighted by atomic mass is 10.1. The van der Waals surface area contributed by atoms with Gasteiger partial charge in [0.1, 0.15) is 17.2 Å². The molecule has 4 rings (SSSR count). The number of carbonyl (C=O) groups excluding carboxylic acids is 1. The van der Waals surface area contributed by atoms with Crippen molar-refractivity contribution in [1.29, 1.82) is 0 Å². The summed E-state index contributed by atoms with van der Waals surface area (Å²) in [6.07, 6.45) is 0. The molecule has 3 aromatic rings. The van der Waals surface area contributed by atoms with Gasteiger partial charge in [-0.05, 0) is 49.2 Å². The first-order chi connectivity index (χ1) is 15.0. The fraction of sp³-hybridized carbons (Fsp3) is 0.333. The van der Waals surface area contributed by atoms with Crippen LogP contribution in [0.3, 0.4) is 0 Å². The zero-order valence-corrected chi connectivity index (χ0v) is 18.4. The van der Waals surface area contributed by atoms with Crippen molar-refractivity contribution in [3.05, 3.63) is 59.3 Å². The van der Waals surface area contributed by atoms with E-state index in [2.05, 4.69) is 47.1 Å². The molecule has 0 unspecified atom stereocenters. The van der Waals surface area contributed by atoms with Gasteiger partial charge in [-0.25, -0.2) is 0 Å². The van der Waals surface area contributed by atoms with E-state index in [4.69, 9.17) is 9.47 Å². The fourth-order valence-electron chi connectivity index (χ4n) is 3.98. The number of carbonyl (C=O) groups is 1. The van der Waals surface area contributed by atoms with Gasteiger partial charge in [0.2, 0.25) is 0 Å². The minimum atomic E-state index is -0.0353. The van der Waals surface area contributed by atoms with Gasteiger partial charge in [-0.3, -0.25) is 9.89 Å². The largest absolute Gasteiger partial charge is 0.497 e. The summed E-state index contributed by atoms with van der Waals surface area (Å²) in [5, 5.41) is 7.25. The number of nitrogens with zero attached hydrogens (tertiary/aromatic N) is 3. The molecular weight excluding hydrogens is 392 g/mol. The van der Waals surface area contributed by atoms with Gasteiger partial charge in [0.05, 0.1) is 19.9 Å². The molecule has 1 amide bonds. The summed E-state index contributed by atoms with van der Waals surface area (Å²) >= 11 is 0. The molecule has 2 heterocycles. The van der Waals surface area contributed by atoms with Gasteiger partial charge in [0.15, 0.2) is 0 Å². The highest BCUT2D eigenvalue weighted by Gasteiger charge is 2.25. The Balaban J connectivity index is 1.46. The number of amides is 1. The van der Waals surface area contributed by atoms with Crippen LogP contribution in [0.4, 0.5) is 5.69 Å². The van der Waals surface area contributed by atoms with Crippen molar-refractivity contribution in [3.63, 3.8) is 0 Å². The quantitative estimate of drug-likeness (QED) is 0.682. The summed E-state index contributed by atoms with van der Waals surface area (Å²) in [5.41, 5.74) is 5.79. The second-order valence-electron chi connectivity index (χ2n) is 7.73. The Morgan fingerprint density at radius 2 is 1.77 bits per heavy atom. The molecule has 1 saturated heterocycles. The van der Waals surface area contributed by atoms with Crippen LogP contribution in [0.5, 0.6) is 11.5 Å². The normalized spacial score (nSPS) is 13.9. The lowest BCUT2D eigenvalue weighted by Crippen LogP contribution is -2.49. The highest BCUT2D eigenvalue weighted by Crippen LogP contribution is 2.32. The summed E-state index contributed by atoms with van der Waals surface area (Å²) in [7, 11) is 3.21. The summed E-state index contributed by atoms with van der Waals surface area (Å²) in [6.45, 7) is 7.25. The van der Waals surface area contributed by atoms with Crippen LogP contribution in [0.15, 0.2) is 42.5 Å². The van der Waals surface area contributed by atoms with Crippen molar-refractivity contribution < 1.29 is 14.3 Å². The maximum absolute atomic E-state index is 13.0. The topological polar surface area (TPSA) is 70.7 Å². The third kappa shape index (κ3) is 4.08. The maximum Gasteiger partial charge on any atom is 0.272 e. The molecule has 0 radical (unpaired) electrons. The fourth-order valence-corrected chi connectivity index (χ4v) is 3.98. The molecule has 0 saturated carbocycles. The molecule has 7 nitrogen and oxygen atoms in total. The molecule has 2 aromatic carbocycles. The number of nitrogens with one attached hydrogen (secondary N) is 1. The number of H-pyrrole nitrogens is 1. The number of hydrogen-bond acceptors (Lipinski definition) is 5. The first-order valence-electron chi connectivity index (χ1n) is 10.4. The minimum absolute atomic E-state index is 0.0353. The van der Waals surface area contributed by atoms with Crippen LogP contribution in [0.25, 0.3) is 11.3 Å². The van der Waals surface area contributed by atoms with Crippen LogP contribution in [-0.2, 0) is 0 Å². The van der Waals surface area contributed by atoms with Crippen molar-refractivity contribution >= 4 is 11.6 Å². The van der Waals surface area contributed by atoms with E-state index in [0.717, 1.165) is 18.7 Å². The van der Waals surface area contributed by atoms with Crippen molar-refractivity contribution in [3.8, 4) is 22.8 Å². The average molecular weight is 421 g/mol. The molecule has 0 bridgehead atoms. The van der Waals surface area contributed by atoms with E-state index in [1.807, 2.05) is 17.0 Å². The van der Waals surface area contributed by atoms with E-state index in [1.54, 1.807) is 26.4 Å². The molecule has 0 atom stereocenters. The van der Waals surface area contributed by atoms with Crippen LogP contribution in [0.1, 0.15) is 21.6 Å². The Bertz CT molecular complexity index is 1080. The standard InChI is InChI=1S/C24H28N4O3/c1-16-6-5-7-22(17(16)2)27-10-12-28(13-11-27)24(29)21-15-20(25-26-21)19-9-8-18(30-3)14-23(19)31-4/h5-9,14-15H,10-13H2,1-4H3,(H,25,26). The summed E-state index contributed by atoms with van der Waals surface area (Å²) in [6, 6.07) is 13.7. The summed E-state index contributed by atoms with van der Waals surface area (Å²) < 4.78 is 10.7. The van der Waals surface area contributed by atoms with E-state index < -0.39 is 0 Å². The predicted octanol–water partition coefficient (Wildman–Crippen LogP) is 3.67. The van der Waals surface area contributed by atoms with Gasteiger partial charge in [0, 0.05) is 43.5 Å². The van der Waals surface area contributed by atoms with Crippen LogP contribution >= 0.6 is 0 Å². The van der Waals surface area contributed by atoms with Crippen LogP contribution < -0.4 is 14.4 Å². The molecule has 1 aliphatic heterocycles. The number of ether oxygens (including phenoxy) is 2. The van der Waals surface area contributed by atoms with Crippen LogP contribution in [0, 0.1) is 13.8 Å². The first kappa shape index (κ1) is 20.8. The number of hydrogen-bond donors (Lipinski definition) is 1. The van der Waals surface area contributed by atoms with E-state index in [9.17, 15) is 4.79 Å². The summed E-state index contributed by atoms with van der Waals surface area (Å²) in [4.78, 5) is 17.3. The van der Waals surface area contributed by atoms with Gasteiger partial charge in [0.25, 0.3) is 5.91 Å². The summed E-state index contributed by atoms with van der Waals surface area (Å²) in [5.74, 6) is 1.31. The third-order valence-electron chi connectivity index (χ3n) is 5.98. The van der Waals surface area contributed by atoms with Gasteiger partial charge in [-0.15, -0.1) is 0 Å². The predicted molar refractivity (Wildman–Crippen MR) is 121 cm³/mol. The zero-order valence-electron chi connectivity index (χ0n) is 18.4. The van der Waals surface area contributed by atoms with Crippen molar-refractivity contribution in [2.75, 3.05) is 45.3 Å². The molecule has 1 aliphatic rings. The number of benzene rings is 2. The second kappa shape index (κ2) is 8.71. The first-order valence-corrected chi connectivity index (χ1v) is 10.4. The Morgan fingerprint density at radius 1 is 1.00 bits per heavy atom. The molecule has 0 aliphatic carbocycles. The van der Waals surface area contributed by atoms with Crippen LogP contribution in [-0.4, -0.2) is 61.4 Å². The number of methoxy groups -OCH3 is 2. The molecule has 1 aromatic heterocycles. The Hall–Kier alpha value is -3.48. The van der Waals surface area contributed by atoms with Crippen molar-refractivity contribution in [2.24, 2.45) is 0 Å². The van der Waals surface area contributed by atoms with Gasteiger partial charge < -0.3 is 19.3 Å². The number of anilines is 1. The minimum Gasteiger partial charge on any atom is -0.497 e. The van der Waals surface area contributed by atoms with Gasteiger partial charge in [-0.1, -0.05) is 12.1 Å². The number of rotatable bonds is 5. The molecule has 162 valence electrons. The second-order valence-corrected chi connectivity index (χ2v) is 7.73.